The molecular weight excluding hydrogens is 333 g/mol. The minimum absolute atomic E-state index is 0.0148. The molecule has 0 fully saturated rings. The zero-order chi connectivity index (χ0) is 18.4. The molecular formula is C18H11F3N2O2. The second-order valence-corrected chi connectivity index (χ2v) is 4.95. The van der Waals surface area contributed by atoms with Gasteiger partial charge in [0.1, 0.15) is 0 Å². The standard InChI is InChI=1S/C18H11F3N2O2/c19-18(20,21)16-9-4-7-14(11-16)15(12-22)8-3-6-13-5-1-2-10-17(13)23(24)25/h1-11H/b6-3+,15-8-. The van der Waals surface area contributed by atoms with E-state index in [-0.39, 0.29) is 16.8 Å². The van der Waals surface area contributed by atoms with Gasteiger partial charge in [0.15, 0.2) is 0 Å². The maximum atomic E-state index is 12.7. The number of para-hydroxylation sites is 1. The number of nitrogens with zero attached hydrogens (tertiary/aromatic N) is 2. The van der Waals surface area contributed by atoms with Crippen LogP contribution in [0.3, 0.4) is 0 Å². The molecule has 2 aromatic carbocycles. The Balaban J connectivity index is 2.34. The lowest BCUT2D eigenvalue weighted by Crippen LogP contribution is -2.04. The molecule has 0 N–H and O–H groups in total. The van der Waals surface area contributed by atoms with Crippen LogP contribution in [0, 0.1) is 21.4 Å². The lowest BCUT2D eigenvalue weighted by Gasteiger charge is -2.07. The minimum Gasteiger partial charge on any atom is -0.258 e. The van der Waals surface area contributed by atoms with Crippen molar-refractivity contribution in [2.45, 2.75) is 6.18 Å². The Hall–Kier alpha value is -3.40. The first-order valence-corrected chi connectivity index (χ1v) is 7.02. The molecule has 126 valence electrons. The first kappa shape index (κ1) is 17.9. The van der Waals surface area contributed by atoms with E-state index in [4.69, 9.17) is 0 Å². The van der Waals surface area contributed by atoms with Gasteiger partial charge < -0.3 is 0 Å². The van der Waals surface area contributed by atoms with Gasteiger partial charge in [0.25, 0.3) is 5.69 Å². The summed E-state index contributed by atoms with van der Waals surface area (Å²) in [6.45, 7) is 0. The Bertz CT molecular complexity index is 894. The third-order valence-corrected chi connectivity index (χ3v) is 3.29. The molecule has 25 heavy (non-hydrogen) atoms. The predicted octanol–water partition coefficient (Wildman–Crippen LogP) is 5.23. The summed E-state index contributed by atoms with van der Waals surface area (Å²) >= 11 is 0. The molecule has 2 aromatic rings. The van der Waals surface area contributed by atoms with Crippen molar-refractivity contribution in [3.8, 4) is 6.07 Å². The van der Waals surface area contributed by atoms with E-state index in [1.165, 1.54) is 48.6 Å². The van der Waals surface area contributed by atoms with Gasteiger partial charge in [-0.25, -0.2) is 0 Å². The number of halogens is 3. The highest BCUT2D eigenvalue weighted by Gasteiger charge is 2.30. The van der Waals surface area contributed by atoms with Crippen LogP contribution in [0.25, 0.3) is 11.6 Å². The van der Waals surface area contributed by atoms with E-state index in [1.807, 2.05) is 6.07 Å². The highest BCUT2D eigenvalue weighted by atomic mass is 19.4. The average molecular weight is 344 g/mol. The van der Waals surface area contributed by atoms with Gasteiger partial charge in [-0.1, -0.05) is 30.3 Å². The van der Waals surface area contributed by atoms with Crippen LogP contribution in [0.15, 0.2) is 60.7 Å². The van der Waals surface area contributed by atoms with Crippen molar-refractivity contribution < 1.29 is 18.1 Å². The first-order chi connectivity index (χ1) is 11.8. The lowest BCUT2D eigenvalue weighted by molar-refractivity contribution is -0.385. The first-order valence-electron chi connectivity index (χ1n) is 7.02. The summed E-state index contributed by atoms with van der Waals surface area (Å²) in [5, 5.41) is 20.1. The zero-order valence-corrected chi connectivity index (χ0v) is 12.7. The predicted molar refractivity (Wildman–Crippen MR) is 87.2 cm³/mol. The third kappa shape index (κ3) is 4.54. The zero-order valence-electron chi connectivity index (χ0n) is 12.7. The molecule has 0 heterocycles. The molecule has 0 aliphatic heterocycles. The largest absolute Gasteiger partial charge is 0.416 e. The molecule has 0 unspecified atom stereocenters. The van der Waals surface area contributed by atoms with Crippen LogP contribution >= 0.6 is 0 Å². The van der Waals surface area contributed by atoms with E-state index in [0.29, 0.717) is 5.56 Å². The van der Waals surface area contributed by atoms with Crippen LogP contribution in [-0.2, 0) is 6.18 Å². The van der Waals surface area contributed by atoms with Gasteiger partial charge in [-0.05, 0) is 35.9 Å². The highest BCUT2D eigenvalue weighted by molar-refractivity contribution is 5.79. The molecule has 0 aromatic heterocycles. The SMILES string of the molecule is N#C/C(=C/C=C/c1ccccc1[N+](=O)[O-])c1cccc(C(F)(F)F)c1. The molecule has 0 aliphatic rings. The van der Waals surface area contributed by atoms with Crippen molar-refractivity contribution >= 4 is 17.3 Å². The normalized spacial score (nSPS) is 12.2. The van der Waals surface area contributed by atoms with Crippen molar-refractivity contribution in [1.29, 1.82) is 5.26 Å². The number of benzene rings is 2. The van der Waals surface area contributed by atoms with E-state index in [1.54, 1.807) is 6.07 Å². The van der Waals surface area contributed by atoms with E-state index >= 15 is 0 Å². The summed E-state index contributed by atoms with van der Waals surface area (Å²) in [7, 11) is 0. The quantitative estimate of drug-likeness (QED) is 0.330. The average Bonchev–Trinajstić information content (AvgIpc) is 2.58. The van der Waals surface area contributed by atoms with Gasteiger partial charge in [-0.2, -0.15) is 18.4 Å². The van der Waals surface area contributed by atoms with Crippen LogP contribution in [0.2, 0.25) is 0 Å². The number of nitro groups is 1. The Morgan fingerprint density at radius 2 is 1.88 bits per heavy atom. The summed E-state index contributed by atoms with van der Waals surface area (Å²) in [5.74, 6) is 0. The number of nitro benzene ring substituents is 1. The Labute approximate surface area is 141 Å². The summed E-state index contributed by atoms with van der Waals surface area (Å²) in [6.07, 6.45) is -0.381. The van der Waals surface area contributed by atoms with Crippen LogP contribution < -0.4 is 0 Å². The highest BCUT2D eigenvalue weighted by Crippen LogP contribution is 2.31. The van der Waals surface area contributed by atoms with Crippen LogP contribution in [0.5, 0.6) is 0 Å². The van der Waals surface area contributed by atoms with Crippen molar-refractivity contribution in [2.24, 2.45) is 0 Å². The van der Waals surface area contributed by atoms with E-state index in [0.717, 1.165) is 12.1 Å². The molecule has 0 amide bonds. The smallest absolute Gasteiger partial charge is 0.258 e. The van der Waals surface area contributed by atoms with E-state index in [9.17, 15) is 28.5 Å². The lowest BCUT2D eigenvalue weighted by atomic mass is 10.0. The van der Waals surface area contributed by atoms with Crippen molar-refractivity contribution in [3.05, 3.63) is 87.5 Å². The molecule has 0 saturated carbocycles. The molecule has 0 radical (unpaired) electrons. The van der Waals surface area contributed by atoms with Crippen LogP contribution in [0.1, 0.15) is 16.7 Å². The molecule has 0 bridgehead atoms. The van der Waals surface area contributed by atoms with Gasteiger partial charge in [0, 0.05) is 6.07 Å². The topological polar surface area (TPSA) is 66.9 Å². The molecule has 0 saturated heterocycles. The van der Waals surface area contributed by atoms with E-state index in [2.05, 4.69) is 0 Å². The van der Waals surface area contributed by atoms with Crippen molar-refractivity contribution in [1.82, 2.24) is 0 Å². The van der Waals surface area contributed by atoms with Crippen LogP contribution in [-0.4, -0.2) is 4.92 Å². The van der Waals surface area contributed by atoms with Gasteiger partial charge in [-0.3, -0.25) is 10.1 Å². The Morgan fingerprint density at radius 1 is 1.16 bits per heavy atom. The number of allylic oxidation sites excluding steroid dienone is 3. The second kappa shape index (κ2) is 7.45. The Morgan fingerprint density at radius 3 is 2.52 bits per heavy atom. The Kier molecular flexibility index (Phi) is 5.35. The summed E-state index contributed by atoms with van der Waals surface area (Å²) in [6, 6.07) is 12.2. The number of hydrogen-bond donors (Lipinski definition) is 0. The monoisotopic (exact) mass is 344 g/mol. The number of hydrogen-bond acceptors (Lipinski definition) is 3. The van der Waals surface area contributed by atoms with Gasteiger partial charge >= 0.3 is 6.18 Å². The van der Waals surface area contributed by atoms with Crippen LogP contribution in [0.4, 0.5) is 18.9 Å². The fourth-order valence-corrected chi connectivity index (χ4v) is 2.10. The summed E-state index contributed by atoms with van der Waals surface area (Å²) in [5.41, 5.74) is -0.505. The van der Waals surface area contributed by atoms with Crippen molar-refractivity contribution in [3.63, 3.8) is 0 Å². The van der Waals surface area contributed by atoms with Gasteiger partial charge in [0.2, 0.25) is 0 Å². The molecule has 0 spiro atoms. The number of alkyl halides is 3. The molecule has 4 nitrogen and oxygen atoms in total. The van der Waals surface area contributed by atoms with Gasteiger partial charge in [-0.15, -0.1) is 0 Å². The van der Waals surface area contributed by atoms with Crippen molar-refractivity contribution in [2.75, 3.05) is 0 Å². The fourth-order valence-electron chi connectivity index (χ4n) is 2.10. The van der Waals surface area contributed by atoms with Gasteiger partial charge in [0.05, 0.1) is 27.7 Å². The fraction of sp³-hybridized carbons (Fsp3) is 0.0556. The molecule has 0 atom stereocenters. The maximum absolute atomic E-state index is 12.7. The summed E-state index contributed by atoms with van der Waals surface area (Å²) in [4.78, 5) is 10.4. The molecule has 2 rings (SSSR count). The minimum atomic E-state index is -4.50. The third-order valence-electron chi connectivity index (χ3n) is 3.29. The van der Waals surface area contributed by atoms with E-state index < -0.39 is 16.7 Å². The summed E-state index contributed by atoms with van der Waals surface area (Å²) < 4.78 is 38.2. The number of nitriles is 1. The molecule has 7 heteroatoms. The maximum Gasteiger partial charge on any atom is 0.416 e. The number of rotatable bonds is 4. The molecule has 0 aliphatic carbocycles. The second-order valence-electron chi connectivity index (χ2n) is 4.95.